The molecular weight excluding hydrogens is 394 g/mol. The van der Waals surface area contributed by atoms with Gasteiger partial charge in [0.15, 0.2) is 0 Å². The average Bonchev–Trinajstić information content (AvgIpc) is 3.12. The van der Waals surface area contributed by atoms with E-state index in [1.807, 2.05) is 76.2 Å². The van der Waals surface area contributed by atoms with Gasteiger partial charge in [-0.1, -0.05) is 60.1 Å². The molecule has 1 aliphatic rings. The normalized spacial score (nSPS) is 13.4. The van der Waals surface area contributed by atoms with Crippen LogP contribution in [0.25, 0.3) is 11.0 Å². The van der Waals surface area contributed by atoms with E-state index in [0.717, 1.165) is 47.5 Å². The molecule has 3 aromatic carbocycles. The summed E-state index contributed by atoms with van der Waals surface area (Å²) in [7, 11) is 0. The third-order valence-corrected chi connectivity index (χ3v) is 6.11. The zero-order valence-electron chi connectivity index (χ0n) is 16.6. The molecule has 0 bridgehead atoms. The number of carbonyl (C=O) groups excluding carboxylic acids is 1. The molecule has 0 saturated heterocycles. The second-order valence-corrected chi connectivity index (χ2v) is 8.06. The van der Waals surface area contributed by atoms with E-state index in [-0.39, 0.29) is 12.5 Å². The Hall–Kier alpha value is -3.11. The van der Waals surface area contributed by atoms with Crippen LogP contribution >= 0.6 is 11.6 Å². The van der Waals surface area contributed by atoms with Crippen LogP contribution in [0.4, 0.5) is 5.69 Å². The first kappa shape index (κ1) is 18.9. The Labute approximate surface area is 180 Å². The number of aryl methyl sites for hydroxylation is 1. The smallest absolute Gasteiger partial charge is 0.246 e. The summed E-state index contributed by atoms with van der Waals surface area (Å²) < 4.78 is 2.04. The van der Waals surface area contributed by atoms with Crippen molar-refractivity contribution in [3.8, 4) is 0 Å². The number of para-hydroxylation sites is 3. The van der Waals surface area contributed by atoms with Gasteiger partial charge in [0.2, 0.25) is 5.91 Å². The molecule has 1 aromatic heterocycles. The molecular formula is C25H22ClN3O. The minimum absolute atomic E-state index is 0.0886. The van der Waals surface area contributed by atoms with E-state index in [0.29, 0.717) is 11.4 Å². The second kappa shape index (κ2) is 7.96. The van der Waals surface area contributed by atoms with Crippen LogP contribution < -0.4 is 4.90 Å². The standard InChI is InChI=1S/C25H22ClN3O/c26-20-11-3-1-9-19(20)16-24-27-21-12-4-6-14-23(21)29(24)17-25(30)28-15-7-10-18-8-2-5-13-22(18)28/h1-6,8-9,11-14H,7,10,15-17H2. The van der Waals surface area contributed by atoms with Gasteiger partial charge < -0.3 is 9.47 Å². The zero-order chi connectivity index (χ0) is 20.5. The summed E-state index contributed by atoms with van der Waals surface area (Å²) >= 11 is 6.40. The number of aromatic nitrogens is 2. The molecule has 0 saturated carbocycles. The maximum absolute atomic E-state index is 13.4. The number of fused-ring (bicyclic) bond motifs is 2. The van der Waals surface area contributed by atoms with Gasteiger partial charge in [0.25, 0.3) is 0 Å². The summed E-state index contributed by atoms with van der Waals surface area (Å²) in [4.78, 5) is 20.1. The fourth-order valence-electron chi connectivity index (χ4n) is 4.26. The number of hydrogen-bond donors (Lipinski definition) is 0. The number of amides is 1. The summed E-state index contributed by atoms with van der Waals surface area (Å²) in [5.74, 6) is 0.939. The third kappa shape index (κ3) is 3.48. The molecule has 5 rings (SSSR count). The van der Waals surface area contributed by atoms with E-state index in [1.54, 1.807) is 0 Å². The van der Waals surface area contributed by atoms with E-state index >= 15 is 0 Å². The quantitative estimate of drug-likeness (QED) is 0.456. The van der Waals surface area contributed by atoms with Gasteiger partial charge in [0.05, 0.1) is 11.0 Å². The molecule has 4 aromatic rings. The topological polar surface area (TPSA) is 38.1 Å². The van der Waals surface area contributed by atoms with E-state index in [1.165, 1.54) is 5.56 Å². The van der Waals surface area contributed by atoms with E-state index in [4.69, 9.17) is 16.6 Å². The first-order valence-electron chi connectivity index (χ1n) is 10.3. The van der Waals surface area contributed by atoms with Crippen LogP contribution in [-0.4, -0.2) is 22.0 Å². The highest BCUT2D eigenvalue weighted by molar-refractivity contribution is 6.31. The van der Waals surface area contributed by atoms with Gasteiger partial charge >= 0.3 is 0 Å². The van der Waals surface area contributed by atoms with Gasteiger partial charge in [0.1, 0.15) is 12.4 Å². The Balaban J connectivity index is 1.51. The number of carbonyl (C=O) groups is 1. The van der Waals surface area contributed by atoms with Gasteiger partial charge in [-0.15, -0.1) is 0 Å². The van der Waals surface area contributed by atoms with Crippen molar-refractivity contribution in [2.24, 2.45) is 0 Å². The molecule has 0 spiro atoms. The highest BCUT2D eigenvalue weighted by atomic mass is 35.5. The highest BCUT2D eigenvalue weighted by Gasteiger charge is 2.24. The summed E-state index contributed by atoms with van der Waals surface area (Å²) in [5, 5.41) is 0.715. The molecule has 5 heteroatoms. The SMILES string of the molecule is O=C(Cn1c(Cc2ccccc2Cl)nc2ccccc21)N1CCCc2ccccc21. The summed E-state index contributed by atoms with van der Waals surface area (Å²) in [6, 6.07) is 24.0. The van der Waals surface area contributed by atoms with Crippen LogP contribution in [0.3, 0.4) is 0 Å². The van der Waals surface area contributed by atoms with Crippen molar-refractivity contribution in [2.75, 3.05) is 11.4 Å². The second-order valence-electron chi connectivity index (χ2n) is 7.65. The summed E-state index contributed by atoms with van der Waals surface area (Å²) in [6.45, 7) is 1.01. The molecule has 0 fully saturated rings. The Bertz CT molecular complexity index is 1230. The molecule has 0 atom stereocenters. The van der Waals surface area contributed by atoms with Gasteiger partial charge in [-0.25, -0.2) is 4.98 Å². The van der Waals surface area contributed by atoms with Gasteiger partial charge in [-0.2, -0.15) is 0 Å². The van der Waals surface area contributed by atoms with Crippen molar-refractivity contribution in [3.63, 3.8) is 0 Å². The average molecular weight is 416 g/mol. The predicted molar refractivity (Wildman–Crippen MR) is 121 cm³/mol. The zero-order valence-corrected chi connectivity index (χ0v) is 17.3. The van der Waals surface area contributed by atoms with Crippen LogP contribution in [-0.2, 0) is 24.2 Å². The maximum Gasteiger partial charge on any atom is 0.246 e. The van der Waals surface area contributed by atoms with Crippen LogP contribution in [0, 0.1) is 0 Å². The van der Waals surface area contributed by atoms with E-state index in [2.05, 4.69) is 6.07 Å². The van der Waals surface area contributed by atoms with E-state index < -0.39 is 0 Å². The molecule has 1 aliphatic heterocycles. The van der Waals surface area contributed by atoms with Crippen LogP contribution in [0.2, 0.25) is 5.02 Å². The van der Waals surface area contributed by atoms with Crippen molar-refractivity contribution in [2.45, 2.75) is 25.8 Å². The lowest BCUT2D eigenvalue weighted by Crippen LogP contribution is -2.38. The Morgan fingerprint density at radius 1 is 0.967 bits per heavy atom. The number of benzene rings is 3. The fraction of sp³-hybridized carbons (Fsp3) is 0.200. The maximum atomic E-state index is 13.4. The largest absolute Gasteiger partial charge is 0.318 e. The minimum atomic E-state index is 0.0886. The molecule has 30 heavy (non-hydrogen) atoms. The number of rotatable bonds is 4. The summed E-state index contributed by atoms with van der Waals surface area (Å²) in [5.41, 5.74) is 5.14. The van der Waals surface area contributed by atoms with Crippen molar-refractivity contribution in [1.29, 1.82) is 0 Å². The Morgan fingerprint density at radius 2 is 1.73 bits per heavy atom. The molecule has 2 heterocycles. The molecule has 0 radical (unpaired) electrons. The predicted octanol–water partition coefficient (Wildman–Crippen LogP) is 5.26. The number of anilines is 1. The van der Waals surface area contributed by atoms with Crippen LogP contribution in [0.5, 0.6) is 0 Å². The molecule has 4 nitrogen and oxygen atoms in total. The molecule has 150 valence electrons. The lowest BCUT2D eigenvalue weighted by molar-refractivity contribution is -0.119. The minimum Gasteiger partial charge on any atom is -0.318 e. The fourth-order valence-corrected chi connectivity index (χ4v) is 4.46. The lowest BCUT2D eigenvalue weighted by atomic mass is 10.0. The lowest BCUT2D eigenvalue weighted by Gasteiger charge is -2.29. The van der Waals surface area contributed by atoms with E-state index in [9.17, 15) is 4.79 Å². The molecule has 0 aliphatic carbocycles. The Kier molecular flexibility index (Phi) is 5.01. The van der Waals surface area contributed by atoms with Crippen molar-refractivity contribution in [3.05, 3.63) is 94.8 Å². The first-order chi connectivity index (χ1) is 14.7. The van der Waals surface area contributed by atoms with Crippen LogP contribution in [0.15, 0.2) is 72.8 Å². The first-order valence-corrected chi connectivity index (χ1v) is 10.6. The summed E-state index contributed by atoms with van der Waals surface area (Å²) in [6.07, 6.45) is 2.59. The number of hydrogen-bond acceptors (Lipinski definition) is 2. The molecule has 0 unspecified atom stereocenters. The number of imidazole rings is 1. The van der Waals surface area contributed by atoms with Gasteiger partial charge in [-0.3, -0.25) is 4.79 Å². The number of halogens is 1. The van der Waals surface area contributed by atoms with Gasteiger partial charge in [0, 0.05) is 23.7 Å². The third-order valence-electron chi connectivity index (χ3n) is 5.74. The van der Waals surface area contributed by atoms with Crippen molar-refractivity contribution < 1.29 is 4.79 Å². The van der Waals surface area contributed by atoms with Gasteiger partial charge in [-0.05, 0) is 48.2 Å². The monoisotopic (exact) mass is 415 g/mol. The molecule has 0 N–H and O–H groups in total. The highest BCUT2D eigenvalue weighted by Crippen LogP contribution is 2.28. The molecule has 1 amide bonds. The Morgan fingerprint density at radius 3 is 2.63 bits per heavy atom. The van der Waals surface area contributed by atoms with Crippen molar-refractivity contribution >= 4 is 34.2 Å². The van der Waals surface area contributed by atoms with Crippen LogP contribution in [0.1, 0.15) is 23.4 Å². The van der Waals surface area contributed by atoms with Crippen molar-refractivity contribution in [1.82, 2.24) is 9.55 Å². The number of nitrogens with zero attached hydrogens (tertiary/aromatic N) is 3.